The van der Waals surface area contributed by atoms with Gasteiger partial charge in [0, 0.05) is 0 Å². The highest BCUT2D eigenvalue weighted by Gasteiger charge is 2.10. The summed E-state index contributed by atoms with van der Waals surface area (Å²) >= 11 is 0. The van der Waals surface area contributed by atoms with Crippen molar-refractivity contribution >= 4 is 0 Å². The maximum Gasteiger partial charge on any atom is 0.137 e. The van der Waals surface area contributed by atoms with Crippen LogP contribution in [-0.2, 0) is 0 Å². The average molecular weight is 322 g/mol. The van der Waals surface area contributed by atoms with Gasteiger partial charge in [-0.05, 0) is 32.0 Å². The van der Waals surface area contributed by atoms with Gasteiger partial charge in [0.05, 0.1) is 31.1 Å². The molecule has 0 amide bonds. The van der Waals surface area contributed by atoms with Crippen LogP contribution in [0.1, 0.15) is 76.9 Å². The molecule has 4 heteroatoms. The van der Waals surface area contributed by atoms with Gasteiger partial charge in [0.2, 0.25) is 0 Å². The van der Waals surface area contributed by atoms with Gasteiger partial charge < -0.3 is 15.2 Å². The van der Waals surface area contributed by atoms with Crippen molar-refractivity contribution < 1.29 is 9.84 Å². The molecular weight excluding hydrogens is 288 g/mol. The molecule has 0 spiro atoms. The molecular formula is C19H34N2O2. The average Bonchev–Trinajstić information content (AvgIpc) is 2.58. The SMILES string of the molecule is CCCCCCCCCCN[C@@H](CO)c1ccc(OCC)cn1. The van der Waals surface area contributed by atoms with Crippen LogP contribution in [0.5, 0.6) is 5.75 Å². The number of hydrogen-bond acceptors (Lipinski definition) is 4. The fourth-order valence-electron chi connectivity index (χ4n) is 2.65. The van der Waals surface area contributed by atoms with Gasteiger partial charge in [0.15, 0.2) is 0 Å². The maximum absolute atomic E-state index is 9.54. The van der Waals surface area contributed by atoms with Crippen molar-refractivity contribution in [2.45, 2.75) is 71.3 Å². The summed E-state index contributed by atoms with van der Waals surface area (Å²) in [5.41, 5.74) is 0.871. The molecule has 132 valence electrons. The van der Waals surface area contributed by atoms with Gasteiger partial charge in [-0.15, -0.1) is 0 Å². The van der Waals surface area contributed by atoms with Gasteiger partial charge in [0.25, 0.3) is 0 Å². The topological polar surface area (TPSA) is 54.4 Å². The van der Waals surface area contributed by atoms with Crippen LogP contribution >= 0.6 is 0 Å². The minimum atomic E-state index is -0.0877. The Balaban J connectivity index is 2.16. The first-order valence-electron chi connectivity index (χ1n) is 9.24. The van der Waals surface area contributed by atoms with Crippen molar-refractivity contribution in [1.82, 2.24) is 10.3 Å². The molecule has 0 bridgehead atoms. The third-order valence-electron chi connectivity index (χ3n) is 4.03. The van der Waals surface area contributed by atoms with Crippen LogP contribution < -0.4 is 10.1 Å². The first kappa shape index (κ1) is 19.9. The van der Waals surface area contributed by atoms with E-state index in [0.717, 1.165) is 24.4 Å². The number of unbranched alkanes of at least 4 members (excludes halogenated alkanes) is 7. The molecule has 0 aliphatic carbocycles. The lowest BCUT2D eigenvalue weighted by Gasteiger charge is -2.16. The Hall–Kier alpha value is -1.13. The van der Waals surface area contributed by atoms with Gasteiger partial charge in [0.1, 0.15) is 5.75 Å². The lowest BCUT2D eigenvalue weighted by Crippen LogP contribution is -2.26. The zero-order valence-electron chi connectivity index (χ0n) is 14.9. The lowest BCUT2D eigenvalue weighted by molar-refractivity contribution is 0.241. The minimum Gasteiger partial charge on any atom is -0.492 e. The predicted molar refractivity (Wildman–Crippen MR) is 95.8 cm³/mol. The number of rotatable bonds is 14. The molecule has 1 aromatic heterocycles. The van der Waals surface area contributed by atoms with Crippen LogP contribution in [0.2, 0.25) is 0 Å². The van der Waals surface area contributed by atoms with E-state index in [9.17, 15) is 5.11 Å². The van der Waals surface area contributed by atoms with Crippen molar-refractivity contribution in [3.05, 3.63) is 24.0 Å². The molecule has 0 radical (unpaired) electrons. The number of ether oxygens (including phenoxy) is 1. The third-order valence-corrected chi connectivity index (χ3v) is 4.03. The van der Waals surface area contributed by atoms with E-state index in [1.807, 2.05) is 19.1 Å². The Morgan fingerprint density at radius 3 is 2.30 bits per heavy atom. The van der Waals surface area contributed by atoms with Crippen LogP contribution in [-0.4, -0.2) is 29.8 Å². The molecule has 2 N–H and O–H groups in total. The summed E-state index contributed by atoms with van der Waals surface area (Å²) in [5, 5.41) is 12.9. The van der Waals surface area contributed by atoms with Gasteiger partial charge in [-0.2, -0.15) is 0 Å². The van der Waals surface area contributed by atoms with Gasteiger partial charge in [-0.3, -0.25) is 4.98 Å². The number of aromatic nitrogens is 1. The molecule has 1 atom stereocenters. The van der Waals surface area contributed by atoms with E-state index in [2.05, 4.69) is 17.2 Å². The predicted octanol–water partition coefficient (Wildman–Crippen LogP) is 4.24. The van der Waals surface area contributed by atoms with Crippen LogP contribution in [0.4, 0.5) is 0 Å². The molecule has 0 fully saturated rings. The van der Waals surface area contributed by atoms with Crippen molar-refractivity contribution in [2.24, 2.45) is 0 Å². The quantitative estimate of drug-likeness (QED) is 0.503. The second-order valence-electron chi connectivity index (χ2n) is 6.02. The highest BCUT2D eigenvalue weighted by Crippen LogP contribution is 2.15. The molecule has 23 heavy (non-hydrogen) atoms. The molecule has 1 rings (SSSR count). The first-order valence-corrected chi connectivity index (χ1v) is 9.24. The summed E-state index contributed by atoms with van der Waals surface area (Å²) in [4.78, 5) is 4.38. The number of aliphatic hydroxyl groups is 1. The van der Waals surface area contributed by atoms with E-state index in [1.165, 1.54) is 44.9 Å². The van der Waals surface area contributed by atoms with E-state index in [0.29, 0.717) is 6.61 Å². The van der Waals surface area contributed by atoms with Crippen LogP contribution in [0, 0.1) is 0 Å². The lowest BCUT2D eigenvalue weighted by atomic mass is 10.1. The Bertz CT molecular complexity index is 381. The smallest absolute Gasteiger partial charge is 0.137 e. The summed E-state index contributed by atoms with van der Waals surface area (Å²) < 4.78 is 5.39. The van der Waals surface area contributed by atoms with E-state index in [1.54, 1.807) is 6.20 Å². The number of pyridine rings is 1. The molecule has 0 aromatic carbocycles. The number of hydrogen-bond donors (Lipinski definition) is 2. The third kappa shape index (κ3) is 8.92. The van der Waals surface area contributed by atoms with E-state index in [-0.39, 0.29) is 12.6 Å². The normalized spacial score (nSPS) is 12.3. The molecule has 0 aliphatic rings. The van der Waals surface area contributed by atoms with Crippen LogP contribution in [0.3, 0.4) is 0 Å². The Kier molecular flexibility index (Phi) is 11.5. The molecule has 1 heterocycles. The standard InChI is InChI=1S/C19H34N2O2/c1-3-5-6-7-8-9-10-11-14-20-19(16-22)18-13-12-17(15-21-18)23-4-2/h12-13,15,19-20,22H,3-11,14,16H2,1-2H3/t19-/m0/s1. The highest BCUT2D eigenvalue weighted by atomic mass is 16.5. The second kappa shape index (κ2) is 13.3. The van der Waals surface area contributed by atoms with Gasteiger partial charge >= 0.3 is 0 Å². The van der Waals surface area contributed by atoms with Crippen molar-refractivity contribution in [3.8, 4) is 5.75 Å². The van der Waals surface area contributed by atoms with E-state index in [4.69, 9.17) is 4.74 Å². The molecule has 0 saturated heterocycles. The fourth-order valence-corrected chi connectivity index (χ4v) is 2.65. The van der Waals surface area contributed by atoms with Crippen molar-refractivity contribution in [3.63, 3.8) is 0 Å². The molecule has 0 aliphatic heterocycles. The number of nitrogens with one attached hydrogen (secondary N) is 1. The van der Waals surface area contributed by atoms with Crippen molar-refractivity contribution in [2.75, 3.05) is 19.8 Å². The van der Waals surface area contributed by atoms with E-state index < -0.39 is 0 Å². The van der Waals surface area contributed by atoms with Crippen molar-refractivity contribution in [1.29, 1.82) is 0 Å². The number of nitrogens with zero attached hydrogens (tertiary/aromatic N) is 1. The Morgan fingerprint density at radius 1 is 1.04 bits per heavy atom. The fraction of sp³-hybridized carbons (Fsp3) is 0.737. The summed E-state index contributed by atoms with van der Waals surface area (Å²) in [5.74, 6) is 0.774. The second-order valence-corrected chi connectivity index (χ2v) is 6.02. The van der Waals surface area contributed by atoms with Gasteiger partial charge in [-0.25, -0.2) is 0 Å². The highest BCUT2D eigenvalue weighted by molar-refractivity contribution is 5.21. The molecule has 0 unspecified atom stereocenters. The molecule has 4 nitrogen and oxygen atoms in total. The molecule has 0 saturated carbocycles. The summed E-state index contributed by atoms with van der Waals surface area (Å²) in [7, 11) is 0. The summed E-state index contributed by atoms with van der Waals surface area (Å²) in [6.07, 6.45) is 12.2. The van der Waals surface area contributed by atoms with Crippen LogP contribution in [0.25, 0.3) is 0 Å². The zero-order chi connectivity index (χ0) is 16.8. The monoisotopic (exact) mass is 322 g/mol. The largest absolute Gasteiger partial charge is 0.492 e. The minimum absolute atomic E-state index is 0.0675. The number of aliphatic hydroxyl groups excluding tert-OH is 1. The molecule has 1 aromatic rings. The summed E-state index contributed by atoms with van der Waals surface area (Å²) in [6.45, 7) is 5.84. The summed E-state index contributed by atoms with van der Waals surface area (Å²) in [6, 6.07) is 3.74. The maximum atomic E-state index is 9.54. The van der Waals surface area contributed by atoms with Crippen LogP contribution in [0.15, 0.2) is 18.3 Å². The first-order chi connectivity index (χ1) is 11.3. The Labute approximate surface area is 141 Å². The zero-order valence-corrected chi connectivity index (χ0v) is 14.9. The Morgan fingerprint density at radius 2 is 1.74 bits per heavy atom. The van der Waals surface area contributed by atoms with Gasteiger partial charge in [-0.1, -0.05) is 51.9 Å². The van der Waals surface area contributed by atoms with E-state index >= 15 is 0 Å².